The van der Waals surface area contributed by atoms with Gasteiger partial charge in [0.25, 0.3) is 5.91 Å². The van der Waals surface area contributed by atoms with E-state index in [0.717, 1.165) is 5.56 Å². The van der Waals surface area contributed by atoms with Gasteiger partial charge in [-0.25, -0.2) is 0 Å². The molecule has 8 heteroatoms. The number of hydrogen-bond acceptors (Lipinski definition) is 4. The molecular formula is C22H20ClN3O4. The second kappa shape index (κ2) is 8.28. The fourth-order valence-electron chi connectivity index (χ4n) is 3.81. The van der Waals surface area contributed by atoms with Crippen LogP contribution in [0, 0.1) is 5.92 Å². The van der Waals surface area contributed by atoms with Crippen molar-refractivity contribution in [3.05, 3.63) is 64.7 Å². The zero-order valence-electron chi connectivity index (χ0n) is 16.1. The van der Waals surface area contributed by atoms with Crippen molar-refractivity contribution in [2.75, 3.05) is 11.4 Å². The Kier molecular flexibility index (Phi) is 5.55. The van der Waals surface area contributed by atoms with Crippen molar-refractivity contribution in [1.29, 1.82) is 0 Å². The molecule has 0 spiro atoms. The molecule has 2 atom stereocenters. The Morgan fingerprint density at radius 1 is 1.10 bits per heavy atom. The minimum absolute atomic E-state index is 0.187. The van der Waals surface area contributed by atoms with Crippen molar-refractivity contribution in [1.82, 2.24) is 10.6 Å². The summed E-state index contributed by atoms with van der Waals surface area (Å²) in [7, 11) is 0. The van der Waals surface area contributed by atoms with Crippen molar-refractivity contribution in [2.45, 2.75) is 25.3 Å². The van der Waals surface area contributed by atoms with Gasteiger partial charge in [-0.1, -0.05) is 35.9 Å². The van der Waals surface area contributed by atoms with Crippen LogP contribution in [0.25, 0.3) is 0 Å². The Labute approximate surface area is 178 Å². The van der Waals surface area contributed by atoms with Crippen LogP contribution in [0.15, 0.2) is 48.5 Å². The maximum Gasteiger partial charge on any atom is 0.251 e. The smallest absolute Gasteiger partial charge is 0.251 e. The van der Waals surface area contributed by atoms with Crippen LogP contribution in [-0.4, -0.2) is 36.2 Å². The zero-order valence-corrected chi connectivity index (χ0v) is 16.8. The molecule has 2 N–H and O–H groups in total. The Morgan fingerprint density at radius 3 is 2.50 bits per heavy atom. The van der Waals surface area contributed by atoms with Gasteiger partial charge in [0.1, 0.15) is 6.04 Å². The molecule has 30 heavy (non-hydrogen) atoms. The summed E-state index contributed by atoms with van der Waals surface area (Å²) in [6.07, 6.45) is 1.12. The lowest BCUT2D eigenvalue weighted by atomic mass is 9.97. The van der Waals surface area contributed by atoms with Gasteiger partial charge in [0.15, 0.2) is 0 Å². The van der Waals surface area contributed by atoms with Crippen LogP contribution in [0.5, 0.6) is 0 Å². The van der Waals surface area contributed by atoms with E-state index in [1.807, 2.05) is 6.07 Å². The Hall–Kier alpha value is -3.19. The molecule has 0 aromatic heterocycles. The fourth-order valence-corrected chi connectivity index (χ4v) is 4.05. The summed E-state index contributed by atoms with van der Waals surface area (Å²) >= 11 is 6.19. The molecule has 2 aromatic carbocycles. The van der Waals surface area contributed by atoms with Gasteiger partial charge in [0.2, 0.25) is 17.7 Å². The van der Waals surface area contributed by atoms with E-state index >= 15 is 0 Å². The number of carbonyl (C=O) groups is 4. The average Bonchev–Trinajstić information content (AvgIpc) is 3.24. The minimum Gasteiger partial charge on any atom is -0.340 e. The first-order valence-electron chi connectivity index (χ1n) is 9.72. The quantitative estimate of drug-likeness (QED) is 0.717. The zero-order chi connectivity index (χ0) is 21.3. The summed E-state index contributed by atoms with van der Waals surface area (Å²) in [6, 6.07) is 13.3. The summed E-state index contributed by atoms with van der Waals surface area (Å²) in [6.45, 7) is 0.481. The van der Waals surface area contributed by atoms with Crippen LogP contribution in [0.4, 0.5) is 5.69 Å². The van der Waals surface area contributed by atoms with Crippen LogP contribution >= 0.6 is 11.6 Å². The molecule has 2 fully saturated rings. The number of carbonyl (C=O) groups excluding carboxylic acids is 4. The minimum atomic E-state index is -0.610. The molecule has 4 amide bonds. The van der Waals surface area contributed by atoms with Crippen molar-refractivity contribution < 1.29 is 19.2 Å². The first-order valence-corrected chi connectivity index (χ1v) is 10.1. The fraction of sp³-hybridized carbons (Fsp3) is 0.273. The van der Waals surface area contributed by atoms with Gasteiger partial charge in [0, 0.05) is 18.5 Å². The molecule has 4 rings (SSSR count). The number of hydrogen-bond donors (Lipinski definition) is 2. The standard InChI is InChI=1S/C22H20ClN3O4/c23-16-3-1-2-4-18(16)26-10-9-17(22(26)30)24-20(28)14-7-5-13(6-8-14)11-15-12-19(27)25-21(15)29/h1-8,15,17H,9-12H2,(H,24,28)(H,25,27,29)/t15-,17-/m0/s1. The Bertz CT molecular complexity index is 1020. The number of halogens is 1. The highest BCUT2D eigenvalue weighted by molar-refractivity contribution is 6.34. The molecule has 0 bridgehead atoms. The Balaban J connectivity index is 1.37. The van der Waals surface area contributed by atoms with Gasteiger partial charge in [0.05, 0.1) is 16.6 Å². The number of imide groups is 1. The molecular weight excluding hydrogens is 406 g/mol. The van der Waals surface area contributed by atoms with E-state index < -0.39 is 6.04 Å². The van der Waals surface area contributed by atoms with E-state index in [1.54, 1.807) is 47.4 Å². The lowest BCUT2D eigenvalue weighted by Crippen LogP contribution is -2.41. The summed E-state index contributed by atoms with van der Waals surface area (Å²) in [5.74, 6) is -1.42. The molecule has 2 aliphatic rings. The normalized spacial score (nSPS) is 21.1. The molecule has 2 aliphatic heterocycles. The van der Waals surface area contributed by atoms with Crippen molar-refractivity contribution >= 4 is 40.9 Å². The van der Waals surface area contributed by atoms with Crippen LogP contribution in [0.1, 0.15) is 28.8 Å². The number of amides is 4. The molecule has 154 valence electrons. The van der Waals surface area contributed by atoms with E-state index in [4.69, 9.17) is 11.6 Å². The summed E-state index contributed by atoms with van der Waals surface area (Å²) in [5, 5.41) is 5.57. The largest absolute Gasteiger partial charge is 0.340 e. The number of para-hydroxylation sites is 1. The van der Waals surface area contributed by atoms with Gasteiger partial charge < -0.3 is 10.2 Å². The monoisotopic (exact) mass is 425 g/mol. The average molecular weight is 426 g/mol. The lowest BCUT2D eigenvalue weighted by molar-refractivity contribution is -0.125. The summed E-state index contributed by atoms with van der Waals surface area (Å²) in [5.41, 5.74) is 1.93. The third kappa shape index (κ3) is 4.07. The summed E-state index contributed by atoms with van der Waals surface area (Å²) in [4.78, 5) is 49.9. The van der Waals surface area contributed by atoms with E-state index in [0.29, 0.717) is 35.7 Å². The van der Waals surface area contributed by atoms with Crippen LogP contribution < -0.4 is 15.5 Å². The van der Waals surface area contributed by atoms with E-state index in [1.165, 1.54) is 0 Å². The molecule has 0 aliphatic carbocycles. The van der Waals surface area contributed by atoms with Crippen molar-refractivity contribution in [3.63, 3.8) is 0 Å². The SMILES string of the molecule is O=C1C[C@H](Cc2ccc(C(=O)N[C@H]3CCN(c4ccccc4Cl)C3=O)cc2)C(=O)N1. The second-order valence-electron chi connectivity index (χ2n) is 7.47. The first-order chi connectivity index (χ1) is 14.4. The second-order valence-corrected chi connectivity index (χ2v) is 7.88. The number of benzene rings is 2. The van der Waals surface area contributed by atoms with Gasteiger partial charge in [-0.15, -0.1) is 0 Å². The third-order valence-electron chi connectivity index (χ3n) is 5.42. The highest BCUT2D eigenvalue weighted by Crippen LogP contribution is 2.29. The highest BCUT2D eigenvalue weighted by atomic mass is 35.5. The molecule has 0 unspecified atom stereocenters. The third-order valence-corrected chi connectivity index (χ3v) is 5.74. The van der Waals surface area contributed by atoms with Gasteiger partial charge in [-0.3, -0.25) is 24.5 Å². The summed E-state index contributed by atoms with van der Waals surface area (Å²) < 4.78 is 0. The van der Waals surface area contributed by atoms with Gasteiger partial charge >= 0.3 is 0 Å². The number of rotatable bonds is 5. The predicted molar refractivity (Wildman–Crippen MR) is 111 cm³/mol. The molecule has 0 saturated carbocycles. The molecule has 2 heterocycles. The first kappa shape index (κ1) is 20.1. The lowest BCUT2D eigenvalue weighted by Gasteiger charge is -2.18. The number of anilines is 1. The predicted octanol–water partition coefficient (Wildman–Crippen LogP) is 2.08. The van der Waals surface area contributed by atoms with Crippen molar-refractivity contribution in [3.8, 4) is 0 Å². The molecule has 2 saturated heterocycles. The maximum atomic E-state index is 12.7. The maximum absolute atomic E-state index is 12.7. The van der Waals surface area contributed by atoms with E-state index in [9.17, 15) is 19.2 Å². The van der Waals surface area contributed by atoms with E-state index in [-0.39, 0.29) is 36.0 Å². The van der Waals surface area contributed by atoms with Crippen LogP contribution in [-0.2, 0) is 20.8 Å². The van der Waals surface area contributed by atoms with Crippen LogP contribution in [0.3, 0.4) is 0 Å². The number of nitrogens with one attached hydrogen (secondary N) is 2. The van der Waals surface area contributed by atoms with Crippen molar-refractivity contribution in [2.24, 2.45) is 5.92 Å². The van der Waals surface area contributed by atoms with Gasteiger partial charge in [-0.05, 0) is 42.7 Å². The van der Waals surface area contributed by atoms with E-state index in [2.05, 4.69) is 10.6 Å². The van der Waals surface area contributed by atoms with Gasteiger partial charge in [-0.2, -0.15) is 0 Å². The molecule has 0 radical (unpaired) electrons. The Morgan fingerprint density at radius 2 is 1.83 bits per heavy atom. The van der Waals surface area contributed by atoms with Crippen LogP contribution in [0.2, 0.25) is 5.02 Å². The number of nitrogens with zero attached hydrogens (tertiary/aromatic N) is 1. The molecule has 7 nitrogen and oxygen atoms in total. The molecule has 2 aromatic rings. The topological polar surface area (TPSA) is 95.6 Å². The highest BCUT2D eigenvalue weighted by Gasteiger charge is 2.34.